The number of nitrogens with one attached hydrogen (secondary N) is 1. The molecule has 2 aliphatic heterocycles. The molecule has 0 saturated carbocycles. The zero-order chi connectivity index (χ0) is 16.5. The summed E-state index contributed by atoms with van der Waals surface area (Å²) in [5, 5.41) is 3.50. The van der Waals surface area contributed by atoms with E-state index < -0.39 is 0 Å². The number of carbonyl (C=O) groups excluding carboxylic acids is 1. The van der Waals surface area contributed by atoms with Crippen LogP contribution in [-0.4, -0.2) is 30.4 Å². The van der Waals surface area contributed by atoms with Gasteiger partial charge in [0.1, 0.15) is 6.10 Å². The minimum Gasteiger partial charge on any atom is -0.454 e. The lowest BCUT2D eigenvalue weighted by molar-refractivity contribution is -0.124. The van der Waals surface area contributed by atoms with E-state index in [1.807, 2.05) is 25.1 Å². The van der Waals surface area contributed by atoms with E-state index in [1.165, 1.54) is 11.3 Å². The van der Waals surface area contributed by atoms with Gasteiger partial charge in [-0.05, 0) is 37.5 Å². The summed E-state index contributed by atoms with van der Waals surface area (Å²) in [6.07, 6.45) is 2.12. The molecule has 1 atom stereocenters. The highest BCUT2D eigenvalue weighted by atomic mass is 32.1. The second-order valence-electron chi connectivity index (χ2n) is 5.88. The first-order valence-corrected chi connectivity index (χ1v) is 8.78. The lowest BCUT2D eigenvalue weighted by Crippen LogP contribution is -2.26. The molecule has 0 spiro atoms. The van der Waals surface area contributed by atoms with Crippen LogP contribution in [0.3, 0.4) is 0 Å². The van der Waals surface area contributed by atoms with Gasteiger partial charge in [-0.25, -0.2) is 4.98 Å². The fraction of sp³-hybridized carbons (Fsp3) is 0.412. The number of rotatable bonds is 4. The molecule has 1 unspecified atom stereocenters. The second kappa shape index (κ2) is 6.41. The van der Waals surface area contributed by atoms with E-state index in [0.29, 0.717) is 11.7 Å². The Hall–Kier alpha value is -2.12. The highest BCUT2D eigenvalue weighted by molar-refractivity contribution is 7.15. The van der Waals surface area contributed by atoms with Gasteiger partial charge in [0.05, 0.1) is 5.69 Å². The molecule has 24 heavy (non-hydrogen) atoms. The van der Waals surface area contributed by atoms with Crippen molar-refractivity contribution < 1.29 is 19.0 Å². The zero-order valence-corrected chi connectivity index (χ0v) is 14.1. The van der Waals surface area contributed by atoms with Gasteiger partial charge in [0.25, 0.3) is 5.91 Å². The Morgan fingerprint density at radius 1 is 1.38 bits per heavy atom. The van der Waals surface area contributed by atoms with Gasteiger partial charge in [-0.3, -0.25) is 10.1 Å². The lowest BCUT2D eigenvalue weighted by atomic mass is 10.1. The maximum atomic E-state index is 12.1. The molecular formula is C17H18N2O4S. The minimum atomic E-state index is -0.341. The van der Waals surface area contributed by atoms with Crippen LogP contribution in [0.4, 0.5) is 5.13 Å². The van der Waals surface area contributed by atoms with E-state index in [0.717, 1.165) is 46.9 Å². The molecule has 1 N–H and O–H groups in total. The Morgan fingerprint density at radius 3 is 3.08 bits per heavy atom. The zero-order valence-electron chi connectivity index (χ0n) is 13.3. The molecule has 0 aliphatic carbocycles. The van der Waals surface area contributed by atoms with Crippen molar-refractivity contribution in [2.75, 3.05) is 18.7 Å². The monoisotopic (exact) mass is 346 g/mol. The number of carbonyl (C=O) groups is 1. The third-order valence-electron chi connectivity index (χ3n) is 4.15. The van der Waals surface area contributed by atoms with Crippen LogP contribution < -0.4 is 14.8 Å². The first-order valence-electron chi connectivity index (χ1n) is 7.96. The van der Waals surface area contributed by atoms with E-state index in [9.17, 15) is 4.79 Å². The number of hydrogen-bond donors (Lipinski definition) is 1. The topological polar surface area (TPSA) is 69.7 Å². The number of ether oxygens (including phenoxy) is 3. The van der Waals surface area contributed by atoms with Crippen LogP contribution in [-0.2, 0) is 16.0 Å². The highest BCUT2D eigenvalue weighted by Crippen LogP contribution is 2.34. The average molecular weight is 346 g/mol. The van der Waals surface area contributed by atoms with Gasteiger partial charge in [-0.15, -0.1) is 11.3 Å². The number of amides is 1. The summed E-state index contributed by atoms with van der Waals surface area (Å²) in [5.41, 5.74) is 2.06. The summed E-state index contributed by atoms with van der Waals surface area (Å²) in [6.45, 7) is 2.89. The predicted molar refractivity (Wildman–Crippen MR) is 89.8 cm³/mol. The van der Waals surface area contributed by atoms with Crippen molar-refractivity contribution in [3.05, 3.63) is 34.3 Å². The maximum Gasteiger partial charge on any atom is 0.255 e. The van der Waals surface area contributed by atoms with Crippen LogP contribution >= 0.6 is 11.3 Å². The van der Waals surface area contributed by atoms with Crippen molar-refractivity contribution in [3.8, 4) is 11.5 Å². The van der Waals surface area contributed by atoms with Crippen LogP contribution in [0, 0.1) is 6.92 Å². The number of aromatic nitrogens is 1. The summed E-state index contributed by atoms with van der Waals surface area (Å²) in [6, 6.07) is 5.94. The number of nitrogens with zero attached hydrogens (tertiary/aromatic N) is 1. The van der Waals surface area contributed by atoms with Gasteiger partial charge in [0.2, 0.25) is 6.79 Å². The van der Waals surface area contributed by atoms with Gasteiger partial charge in [0.15, 0.2) is 16.6 Å². The molecule has 1 amide bonds. The summed E-state index contributed by atoms with van der Waals surface area (Å²) in [4.78, 5) is 17.7. The molecular weight excluding hydrogens is 328 g/mol. The van der Waals surface area contributed by atoms with Gasteiger partial charge in [-0.2, -0.15) is 0 Å². The van der Waals surface area contributed by atoms with Gasteiger partial charge in [0, 0.05) is 17.9 Å². The number of fused-ring (bicyclic) bond motifs is 1. The van der Waals surface area contributed by atoms with Crippen molar-refractivity contribution in [2.24, 2.45) is 0 Å². The molecule has 1 saturated heterocycles. The van der Waals surface area contributed by atoms with Crippen LogP contribution in [0.1, 0.15) is 29.0 Å². The Balaban J connectivity index is 1.46. The molecule has 0 bridgehead atoms. The first-order chi connectivity index (χ1) is 11.7. The smallest absolute Gasteiger partial charge is 0.255 e. The van der Waals surface area contributed by atoms with E-state index in [4.69, 9.17) is 14.2 Å². The Bertz CT molecular complexity index is 768. The number of anilines is 1. The number of thiazole rings is 1. The molecule has 0 radical (unpaired) electrons. The average Bonchev–Trinajstić information content (AvgIpc) is 3.29. The summed E-state index contributed by atoms with van der Waals surface area (Å²) in [7, 11) is 0. The summed E-state index contributed by atoms with van der Waals surface area (Å²) < 4.78 is 16.2. The summed E-state index contributed by atoms with van der Waals surface area (Å²) in [5.74, 6) is 1.46. The van der Waals surface area contributed by atoms with Crippen LogP contribution in [0.25, 0.3) is 0 Å². The number of aryl methyl sites for hydroxylation is 1. The van der Waals surface area contributed by atoms with E-state index >= 15 is 0 Å². The highest BCUT2D eigenvalue weighted by Gasteiger charge is 2.24. The minimum absolute atomic E-state index is 0.101. The molecule has 6 nitrogen and oxygen atoms in total. The quantitative estimate of drug-likeness (QED) is 0.922. The Morgan fingerprint density at radius 2 is 2.25 bits per heavy atom. The van der Waals surface area contributed by atoms with Crippen molar-refractivity contribution in [1.29, 1.82) is 0 Å². The number of benzene rings is 1. The maximum absolute atomic E-state index is 12.1. The second-order valence-corrected chi connectivity index (χ2v) is 6.97. The Kier molecular flexibility index (Phi) is 4.12. The van der Waals surface area contributed by atoms with Crippen molar-refractivity contribution in [3.63, 3.8) is 0 Å². The van der Waals surface area contributed by atoms with Crippen molar-refractivity contribution in [2.45, 2.75) is 32.3 Å². The molecule has 3 heterocycles. The van der Waals surface area contributed by atoms with E-state index in [2.05, 4.69) is 10.3 Å². The molecule has 126 valence electrons. The van der Waals surface area contributed by atoms with Gasteiger partial charge >= 0.3 is 0 Å². The molecule has 2 aliphatic rings. The predicted octanol–water partition coefficient (Wildman–Crippen LogP) is 2.89. The van der Waals surface area contributed by atoms with Crippen LogP contribution in [0.2, 0.25) is 0 Å². The van der Waals surface area contributed by atoms with Crippen molar-refractivity contribution >= 4 is 22.4 Å². The van der Waals surface area contributed by atoms with E-state index in [-0.39, 0.29) is 18.8 Å². The fourth-order valence-corrected chi connectivity index (χ4v) is 3.85. The van der Waals surface area contributed by atoms with Crippen molar-refractivity contribution in [1.82, 2.24) is 4.98 Å². The third kappa shape index (κ3) is 3.09. The van der Waals surface area contributed by atoms with Gasteiger partial charge in [-0.1, -0.05) is 6.07 Å². The first kappa shape index (κ1) is 15.4. The lowest BCUT2D eigenvalue weighted by Gasteiger charge is -2.07. The number of hydrogen-bond acceptors (Lipinski definition) is 6. The fourth-order valence-electron chi connectivity index (χ4n) is 2.85. The third-order valence-corrected chi connectivity index (χ3v) is 5.22. The Labute approximate surface area is 143 Å². The molecule has 4 rings (SSSR count). The largest absolute Gasteiger partial charge is 0.454 e. The van der Waals surface area contributed by atoms with Crippen LogP contribution in [0.15, 0.2) is 18.2 Å². The molecule has 1 aromatic carbocycles. The molecule has 1 fully saturated rings. The normalized spacial score (nSPS) is 18.8. The molecule has 7 heteroatoms. The molecule has 1 aromatic heterocycles. The summed E-state index contributed by atoms with van der Waals surface area (Å²) >= 11 is 1.50. The SMILES string of the molecule is Cc1nc(NC(=O)C2CCCO2)sc1Cc1ccc2c(c1)OCO2. The standard InChI is InChI=1S/C17H18N2O4S/c1-10-15(8-11-4-5-12-14(7-11)23-9-22-12)24-17(18-10)19-16(20)13-3-2-6-21-13/h4-5,7,13H,2-3,6,8-9H2,1H3,(H,18,19,20). The van der Waals surface area contributed by atoms with Crippen LogP contribution in [0.5, 0.6) is 11.5 Å². The molecule has 2 aromatic rings. The van der Waals surface area contributed by atoms with E-state index in [1.54, 1.807) is 0 Å². The van der Waals surface area contributed by atoms with Gasteiger partial charge < -0.3 is 14.2 Å².